The molecule has 1 atom stereocenters. The van der Waals surface area contributed by atoms with E-state index in [0.29, 0.717) is 50.3 Å². The summed E-state index contributed by atoms with van der Waals surface area (Å²) in [7, 11) is 1.90. The fourth-order valence-corrected chi connectivity index (χ4v) is 9.14. The lowest BCUT2D eigenvalue weighted by Gasteiger charge is -2.49. The molecule has 2 aromatic carbocycles. The smallest absolute Gasteiger partial charge is 0.237 e. The number of piperidine rings is 1. The zero-order chi connectivity index (χ0) is 40.2. The van der Waals surface area contributed by atoms with E-state index < -0.39 is 5.92 Å². The average molecular weight is 797 g/mol. The summed E-state index contributed by atoms with van der Waals surface area (Å²) < 4.78 is 7.56. The molecule has 0 aliphatic carbocycles. The van der Waals surface area contributed by atoms with Crippen LogP contribution in [-0.4, -0.2) is 117 Å². The van der Waals surface area contributed by atoms with E-state index in [2.05, 4.69) is 65.7 Å². The highest BCUT2D eigenvalue weighted by Crippen LogP contribution is 2.37. The van der Waals surface area contributed by atoms with Gasteiger partial charge in [-0.25, -0.2) is 15.0 Å². The van der Waals surface area contributed by atoms with E-state index >= 15 is 0 Å². The number of ether oxygens (including phenoxy) is 1. The van der Waals surface area contributed by atoms with Gasteiger partial charge in [-0.2, -0.15) is 5.10 Å². The van der Waals surface area contributed by atoms with Gasteiger partial charge in [0, 0.05) is 100 Å². The van der Waals surface area contributed by atoms with Crippen LogP contribution in [0.3, 0.4) is 0 Å². The molecular formula is C43H48N12O4. The number of pyridine rings is 1. The fourth-order valence-electron chi connectivity index (χ4n) is 9.14. The van der Waals surface area contributed by atoms with Crippen LogP contribution >= 0.6 is 0 Å². The summed E-state index contributed by atoms with van der Waals surface area (Å²) >= 11 is 0. The summed E-state index contributed by atoms with van der Waals surface area (Å²) in [6.07, 6.45) is 5.86. The first-order valence-electron chi connectivity index (χ1n) is 20.6. The molecule has 0 bridgehead atoms. The molecule has 16 heteroatoms. The maximum atomic E-state index is 13.4. The second kappa shape index (κ2) is 15.1. The van der Waals surface area contributed by atoms with Crippen molar-refractivity contribution in [2.45, 2.75) is 51.1 Å². The molecule has 0 spiro atoms. The Labute approximate surface area is 341 Å². The molecule has 10 rings (SSSR count). The summed E-state index contributed by atoms with van der Waals surface area (Å²) in [6, 6.07) is 14.7. The molecule has 5 aliphatic heterocycles. The first kappa shape index (κ1) is 37.0. The maximum Gasteiger partial charge on any atom is 0.237 e. The second-order valence-electron chi connectivity index (χ2n) is 16.2. The largest absolute Gasteiger partial charge is 0.474 e. The summed E-state index contributed by atoms with van der Waals surface area (Å²) in [5.74, 6) is 0.461. The Kier molecular flexibility index (Phi) is 9.50. The summed E-state index contributed by atoms with van der Waals surface area (Å²) in [5, 5.41) is 14.9. The van der Waals surface area contributed by atoms with Crippen molar-refractivity contribution in [1.82, 2.24) is 39.8 Å². The van der Waals surface area contributed by atoms with Gasteiger partial charge in [0.1, 0.15) is 12.3 Å². The molecule has 5 aromatic rings. The van der Waals surface area contributed by atoms with E-state index in [1.165, 1.54) is 0 Å². The third kappa shape index (κ3) is 7.15. The van der Waals surface area contributed by atoms with Crippen LogP contribution in [0.2, 0.25) is 0 Å². The minimum atomic E-state index is -0.414. The number of amides is 3. The SMILES string of the molecule is Cc1c(N2CCc3cnc(Nc4ccc(CC(=O)N5CCN(C6CN(c7ccc8c(C9CCC(=O)NC9=O)nn(C)c8c7)C6)CC5)cc4)nc3C2)cnc2c1NCCO2. The predicted octanol–water partition coefficient (Wildman–Crippen LogP) is 3.27. The first-order valence-corrected chi connectivity index (χ1v) is 20.6. The molecule has 3 fully saturated rings. The minimum Gasteiger partial charge on any atom is -0.474 e. The number of hydrogen-bond donors (Lipinski definition) is 3. The fraction of sp³-hybridized carbons (Fsp3) is 0.419. The van der Waals surface area contributed by atoms with E-state index in [-0.39, 0.29) is 17.7 Å². The molecule has 0 saturated carbocycles. The third-order valence-corrected chi connectivity index (χ3v) is 12.6. The number of fused-ring (bicyclic) bond motifs is 3. The molecule has 3 saturated heterocycles. The number of rotatable bonds is 8. The molecule has 3 N–H and O–H groups in total. The Balaban J connectivity index is 0.696. The molecule has 59 heavy (non-hydrogen) atoms. The van der Waals surface area contributed by atoms with Crippen LogP contribution in [0.5, 0.6) is 5.88 Å². The van der Waals surface area contributed by atoms with Crippen molar-refractivity contribution >= 4 is 57.3 Å². The van der Waals surface area contributed by atoms with Crippen LogP contribution in [0.25, 0.3) is 10.9 Å². The molecule has 304 valence electrons. The third-order valence-electron chi connectivity index (χ3n) is 12.6. The van der Waals surface area contributed by atoms with Gasteiger partial charge in [-0.15, -0.1) is 0 Å². The van der Waals surface area contributed by atoms with Crippen molar-refractivity contribution in [1.29, 1.82) is 0 Å². The summed E-state index contributed by atoms with van der Waals surface area (Å²) in [4.78, 5) is 60.9. The van der Waals surface area contributed by atoms with E-state index in [1.807, 2.05) is 53.3 Å². The van der Waals surface area contributed by atoms with Crippen molar-refractivity contribution in [3.05, 3.63) is 82.9 Å². The average Bonchev–Trinajstić information content (AvgIpc) is 3.56. The minimum absolute atomic E-state index is 0.150. The van der Waals surface area contributed by atoms with Gasteiger partial charge in [0.05, 0.1) is 47.7 Å². The van der Waals surface area contributed by atoms with Gasteiger partial charge in [0.25, 0.3) is 0 Å². The van der Waals surface area contributed by atoms with Crippen LogP contribution in [0.4, 0.5) is 28.7 Å². The van der Waals surface area contributed by atoms with Crippen molar-refractivity contribution < 1.29 is 19.1 Å². The Morgan fingerprint density at radius 3 is 2.61 bits per heavy atom. The lowest BCUT2D eigenvalue weighted by molar-refractivity contribution is -0.134. The number of carbonyl (C=O) groups is 3. The molecule has 3 amide bonds. The van der Waals surface area contributed by atoms with E-state index in [0.717, 1.165) is 121 Å². The lowest BCUT2D eigenvalue weighted by atomic mass is 9.92. The van der Waals surface area contributed by atoms with Gasteiger partial charge < -0.3 is 30.1 Å². The zero-order valence-electron chi connectivity index (χ0n) is 33.4. The van der Waals surface area contributed by atoms with Gasteiger partial charge in [0.2, 0.25) is 29.5 Å². The number of anilines is 5. The first-order chi connectivity index (χ1) is 28.7. The number of piperazine rings is 1. The van der Waals surface area contributed by atoms with Crippen molar-refractivity contribution in [2.75, 3.05) is 79.4 Å². The predicted molar refractivity (Wildman–Crippen MR) is 223 cm³/mol. The monoisotopic (exact) mass is 796 g/mol. The zero-order valence-corrected chi connectivity index (χ0v) is 33.4. The van der Waals surface area contributed by atoms with E-state index in [9.17, 15) is 14.4 Å². The standard InChI is InChI=1S/C43H48N12O4/c1-26-36(22-45-42-39(26)44-12-18-59-42)54-13-11-28-21-46-43(48-34(28)25-54)47-29-5-3-27(4-6-29)19-38(57)53-16-14-52(15-17-53)31-23-55(24-31)30-7-8-32-35(20-30)51(2)50-40(32)33-9-10-37(56)49-41(33)58/h3-8,20-22,31,33,44H,9-19,23-25H2,1-2H3,(H,46,47,48)(H,49,56,58). The number of aromatic nitrogens is 5. The van der Waals surface area contributed by atoms with Crippen LogP contribution < -0.4 is 30.5 Å². The summed E-state index contributed by atoms with van der Waals surface area (Å²) in [6.45, 7) is 10.1. The van der Waals surface area contributed by atoms with Crippen molar-refractivity contribution in [3.63, 3.8) is 0 Å². The highest BCUT2D eigenvalue weighted by molar-refractivity contribution is 6.02. The molecule has 16 nitrogen and oxygen atoms in total. The maximum absolute atomic E-state index is 13.4. The van der Waals surface area contributed by atoms with E-state index in [4.69, 9.17) is 14.8 Å². The Hall–Kier alpha value is -6.29. The molecule has 0 radical (unpaired) electrons. The molecule has 1 unspecified atom stereocenters. The van der Waals surface area contributed by atoms with Crippen molar-refractivity contribution in [3.8, 4) is 5.88 Å². The molecule has 3 aromatic heterocycles. The topological polar surface area (TPSA) is 166 Å². The normalized spacial score (nSPS) is 19.7. The van der Waals surface area contributed by atoms with Gasteiger partial charge in [-0.05, 0) is 61.2 Å². The van der Waals surface area contributed by atoms with Gasteiger partial charge in [-0.3, -0.25) is 29.3 Å². The highest BCUT2D eigenvalue weighted by Gasteiger charge is 2.36. The molecular weight excluding hydrogens is 749 g/mol. The Morgan fingerprint density at radius 1 is 0.966 bits per heavy atom. The quantitative estimate of drug-likeness (QED) is 0.196. The highest BCUT2D eigenvalue weighted by atomic mass is 16.5. The molecule has 5 aliphatic rings. The number of nitrogens with zero attached hydrogens (tertiary/aromatic N) is 9. The van der Waals surface area contributed by atoms with E-state index in [1.54, 1.807) is 0 Å². The number of aryl methyl sites for hydroxylation is 1. The number of imide groups is 1. The number of nitrogens with one attached hydrogen (secondary N) is 3. The van der Waals surface area contributed by atoms with Crippen LogP contribution in [0.1, 0.15) is 46.8 Å². The Bertz CT molecular complexity index is 2460. The van der Waals surface area contributed by atoms with Crippen LogP contribution in [0, 0.1) is 6.92 Å². The van der Waals surface area contributed by atoms with Crippen molar-refractivity contribution in [2.24, 2.45) is 7.05 Å². The summed E-state index contributed by atoms with van der Waals surface area (Å²) in [5.41, 5.74) is 10.0. The number of hydrogen-bond acceptors (Lipinski definition) is 13. The van der Waals surface area contributed by atoms with Crippen LogP contribution in [0.15, 0.2) is 54.9 Å². The lowest BCUT2D eigenvalue weighted by Crippen LogP contribution is -2.63. The van der Waals surface area contributed by atoms with Gasteiger partial charge in [0.15, 0.2) is 0 Å². The second-order valence-corrected chi connectivity index (χ2v) is 16.2. The number of benzene rings is 2. The number of carbonyl (C=O) groups excluding carboxylic acids is 3. The molecule has 8 heterocycles. The van der Waals surface area contributed by atoms with Crippen LogP contribution in [-0.2, 0) is 40.8 Å². The Morgan fingerprint density at radius 2 is 1.80 bits per heavy atom. The van der Waals surface area contributed by atoms with Gasteiger partial charge in [-0.1, -0.05) is 12.1 Å². The van der Waals surface area contributed by atoms with Gasteiger partial charge >= 0.3 is 0 Å².